The first-order valence-electron chi connectivity index (χ1n) is 3.52. The molecule has 1 unspecified atom stereocenters. The topological polar surface area (TPSA) is 74.6 Å². The van der Waals surface area contributed by atoms with Gasteiger partial charge in [0, 0.05) is 0 Å². The lowest BCUT2D eigenvalue weighted by Crippen LogP contribution is -2.27. The molecule has 0 aromatic rings. The van der Waals surface area contributed by atoms with Crippen molar-refractivity contribution in [2.45, 2.75) is 19.8 Å². The van der Waals surface area contributed by atoms with Crippen molar-refractivity contribution < 1.29 is 19.8 Å². The molecule has 1 aliphatic rings. The number of aliphatic carboxylic acids is 2. The second kappa shape index (κ2) is 2.22. The van der Waals surface area contributed by atoms with Crippen LogP contribution in [0.25, 0.3) is 0 Å². The van der Waals surface area contributed by atoms with Gasteiger partial charge < -0.3 is 10.2 Å². The van der Waals surface area contributed by atoms with Crippen LogP contribution in [0.5, 0.6) is 0 Å². The molecular weight excluding hydrogens is 148 g/mol. The summed E-state index contributed by atoms with van der Waals surface area (Å²) in [6, 6.07) is 0. The Bertz CT molecular complexity index is 194. The van der Waals surface area contributed by atoms with Crippen molar-refractivity contribution in [3.63, 3.8) is 0 Å². The molecule has 0 bridgehead atoms. The van der Waals surface area contributed by atoms with E-state index in [1.165, 1.54) is 0 Å². The maximum absolute atomic E-state index is 10.5. The van der Waals surface area contributed by atoms with E-state index in [9.17, 15) is 9.59 Å². The Labute approximate surface area is 63.8 Å². The van der Waals surface area contributed by atoms with Gasteiger partial charge >= 0.3 is 11.9 Å². The fourth-order valence-electron chi connectivity index (χ4n) is 1.44. The third kappa shape index (κ3) is 0.895. The van der Waals surface area contributed by atoms with E-state index in [0.717, 1.165) is 0 Å². The number of hydrogen-bond acceptors (Lipinski definition) is 2. The quantitative estimate of drug-likeness (QED) is 0.589. The molecule has 1 atom stereocenters. The third-order valence-corrected chi connectivity index (χ3v) is 2.36. The number of hydrogen-bond donors (Lipinski definition) is 2. The lowest BCUT2D eigenvalue weighted by atomic mass is 10.0. The molecular formula is C7H10O4. The van der Waals surface area contributed by atoms with Crippen molar-refractivity contribution in [2.75, 3.05) is 0 Å². The average molecular weight is 158 g/mol. The van der Waals surface area contributed by atoms with Crippen LogP contribution < -0.4 is 0 Å². The van der Waals surface area contributed by atoms with Crippen molar-refractivity contribution in [3.8, 4) is 0 Å². The largest absolute Gasteiger partial charge is 0.480 e. The number of carboxylic acids is 2. The normalized spacial score (nSPS) is 26.1. The van der Waals surface area contributed by atoms with E-state index in [1.807, 2.05) is 0 Å². The smallest absolute Gasteiger partial charge is 0.321 e. The van der Waals surface area contributed by atoms with Crippen molar-refractivity contribution in [3.05, 3.63) is 0 Å². The summed E-state index contributed by atoms with van der Waals surface area (Å²) in [5, 5.41) is 17.2. The van der Waals surface area contributed by atoms with E-state index in [2.05, 4.69) is 0 Å². The van der Waals surface area contributed by atoms with Crippen LogP contribution >= 0.6 is 0 Å². The second-order valence-corrected chi connectivity index (χ2v) is 2.89. The zero-order chi connectivity index (χ0) is 8.65. The summed E-state index contributed by atoms with van der Waals surface area (Å²) in [6.45, 7) is 1.80. The number of carbonyl (C=O) groups is 2. The van der Waals surface area contributed by atoms with Crippen LogP contribution in [0.15, 0.2) is 0 Å². The van der Waals surface area contributed by atoms with Gasteiger partial charge in [0.05, 0.1) is 0 Å². The first-order valence-corrected chi connectivity index (χ1v) is 3.52. The fourth-order valence-corrected chi connectivity index (χ4v) is 1.44. The molecule has 4 heteroatoms. The Morgan fingerprint density at radius 2 is 1.91 bits per heavy atom. The lowest BCUT2D eigenvalue weighted by Gasteiger charge is -2.03. The van der Waals surface area contributed by atoms with Gasteiger partial charge in [0.25, 0.3) is 0 Å². The molecule has 0 heterocycles. The minimum absolute atomic E-state index is 0.169. The van der Waals surface area contributed by atoms with Crippen molar-refractivity contribution in [1.82, 2.24) is 0 Å². The summed E-state index contributed by atoms with van der Waals surface area (Å²) in [5.74, 6) is -2.56. The first-order chi connectivity index (χ1) is 5.05. The number of rotatable bonds is 3. The van der Waals surface area contributed by atoms with Crippen molar-refractivity contribution in [1.29, 1.82) is 0 Å². The average Bonchev–Trinajstić information content (AvgIpc) is 2.61. The second-order valence-electron chi connectivity index (χ2n) is 2.89. The number of carboxylic acid groups (broad SMARTS) is 2. The molecule has 0 radical (unpaired) electrons. The van der Waals surface area contributed by atoms with Gasteiger partial charge in [-0.05, 0) is 12.3 Å². The highest BCUT2D eigenvalue weighted by Crippen LogP contribution is 2.54. The van der Waals surface area contributed by atoms with Crippen molar-refractivity contribution >= 4 is 11.9 Å². The molecule has 0 aromatic carbocycles. The van der Waals surface area contributed by atoms with Gasteiger partial charge in [-0.15, -0.1) is 0 Å². The SMILES string of the molecule is CCC1CC1(C(=O)O)C(=O)O. The van der Waals surface area contributed by atoms with Gasteiger partial charge in [-0.2, -0.15) is 0 Å². The highest BCUT2D eigenvalue weighted by Gasteiger charge is 2.65. The van der Waals surface area contributed by atoms with Crippen LogP contribution in [0.2, 0.25) is 0 Å². The molecule has 1 saturated carbocycles. The van der Waals surface area contributed by atoms with Gasteiger partial charge in [0.15, 0.2) is 5.41 Å². The zero-order valence-electron chi connectivity index (χ0n) is 6.20. The van der Waals surface area contributed by atoms with Crippen LogP contribution in [0, 0.1) is 11.3 Å². The molecule has 0 saturated heterocycles. The molecule has 0 aliphatic heterocycles. The van der Waals surface area contributed by atoms with Crippen LogP contribution in [0.1, 0.15) is 19.8 Å². The van der Waals surface area contributed by atoms with E-state index < -0.39 is 17.4 Å². The van der Waals surface area contributed by atoms with Crippen LogP contribution in [-0.4, -0.2) is 22.2 Å². The molecule has 2 N–H and O–H groups in total. The minimum atomic E-state index is -1.45. The van der Waals surface area contributed by atoms with Gasteiger partial charge in [-0.1, -0.05) is 13.3 Å². The predicted octanol–water partition coefficient (Wildman–Crippen LogP) is 0.572. The standard InChI is InChI=1S/C7H10O4/c1-2-4-3-7(4,5(8)9)6(10)11/h4H,2-3H2,1H3,(H,8,9)(H,10,11). The summed E-state index contributed by atoms with van der Waals surface area (Å²) < 4.78 is 0. The fraction of sp³-hybridized carbons (Fsp3) is 0.714. The van der Waals surface area contributed by atoms with E-state index in [4.69, 9.17) is 10.2 Å². The molecule has 62 valence electrons. The Balaban J connectivity index is 2.79. The predicted molar refractivity (Wildman–Crippen MR) is 36.1 cm³/mol. The monoisotopic (exact) mass is 158 g/mol. The van der Waals surface area contributed by atoms with Gasteiger partial charge in [-0.25, -0.2) is 0 Å². The molecule has 4 nitrogen and oxygen atoms in total. The van der Waals surface area contributed by atoms with Crippen molar-refractivity contribution in [2.24, 2.45) is 11.3 Å². The third-order valence-electron chi connectivity index (χ3n) is 2.36. The molecule has 1 aliphatic carbocycles. The highest BCUT2D eigenvalue weighted by molar-refractivity contribution is 6.02. The van der Waals surface area contributed by atoms with E-state index in [-0.39, 0.29) is 12.3 Å². The van der Waals surface area contributed by atoms with Crippen LogP contribution in [-0.2, 0) is 9.59 Å². The molecule has 1 fully saturated rings. The Kier molecular flexibility index (Phi) is 1.62. The Morgan fingerprint density at radius 3 is 2.00 bits per heavy atom. The van der Waals surface area contributed by atoms with E-state index >= 15 is 0 Å². The Morgan fingerprint density at radius 1 is 1.45 bits per heavy atom. The Hall–Kier alpha value is -1.06. The molecule has 11 heavy (non-hydrogen) atoms. The lowest BCUT2D eigenvalue weighted by molar-refractivity contribution is -0.157. The van der Waals surface area contributed by atoms with Gasteiger partial charge in [-0.3, -0.25) is 9.59 Å². The summed E-state index contributed by atoms with van der Waals surface area (Å²) >= 11 is 0. The van der Waals surface area contributed by atoms with Crippen LogP contribution in [0.3, 0.4) is 0 Å². The summed E-state index contributed by atoms with van der Waals surface area (Å²) in [7, 11) is 0. The molecule has 1 rings (SSSR count). The van der Waals surface area contributed by atoms with Gasteiger partial charge in [0.1, 0.15) is 0 Å². The molecule has 0 spiro atoms. The van der Waals surface area contributed by atoms with E-state index in [1.54, 1.807) is 6.92 Å². The highest BCUT2D eigenvalue weighted by atomic mass is 16.4. The summed E-state index contributed by atoms with van der Waals surface area (Å²) in [5.41, 5.74) is -1.45. The van der Waals surface area contributed by atoms with E-state index in [0.29, 0.717) is 6.42 Å². The maximum atomic E-state index is 10.5. The zero-order valence-corrected chi connectivity index (χ0v) is 6.20. The molecule has 0 amide bonds. The summed E-state index contributed by atoms with van der Waals surface area (Å²) in [6.07, 6.45) is 0.909. The summed E-state index contributed by atoms with van der Waals surface area (Å²) in [4.78, 5) is 21.0. The van der Waals surface area contributed by atoms with Gasteiger partial charge in [0.2, 0.25) is 0 Å². The first kappa shape index (κ1) is 8.04. The van der Waals surface area contributed by atoms with Crippen LogP contribution in [0.4, 0.5) is 0 Å². The molecule has 0 aromatic heterocycles. The maximum Gasteiger partial charge on any atom is 0.321 e. The minimum Gasteiger partial charge on any atom is -0.480 e.